The topological polar surface area (TPSA) is 153 Å². The van der Waals surface area contributed by atoms with Crippen LogP contribution in [0.25, 0.3) is 17.4 Å². The molecule has 3 aromatic carbocycles. The van der Waals surface area contributed by atoms with Gasteiger partial charge < -0.3 is 10.3 Å². The van der Waals surface area contributed by atoms with Crippen molar-refractivity contribution in [2.45, 2.75) is 58.0 Å². The lowest BCUT2D eigenvalue weighted by atomic mass is 9.73. The molecule has 0 aliphatic carbocycles. The van der Waals surface area contributed by atoms with Crippen LogP contribution in [0.4, 0.5) is 0 Å². The Bertz CT molecular complexity index is 1850. The molecule has 0 aliphatic rings. The Labute approximate surface area is 282 Å². The molecular formula is C37H42N4O6S. The maximum Gasteiger partial charge on any atom is 0.260 e. The summed E-state index contributed by atoms with van der Waals surface area (Å²) < 4.78 is 35.4. The minimum absolute atomic E-state index is 0.215. The Morgan fingerprint density at radius 3 is 2.21 bits per heavy atom. The first-order valence-corrected chi connectivity index (χ1v) is 17.4. The fourth-order valence-electron chi connectivity index (χ4n) is 5.68. The fraction of sp³-hybridized carbons (Fsp3) is 0.297. The van der Waals surface area contributed by atoms with Crippen LogP contribution >= 0.6 is 0 Å². The van der Waals surface area contributed by atoms with Gasteiger partial charge >= 0.3 is 0 Å². The van der Waals surface area contributed by atoms with Crippen molar-refractivity contribution in [3.05, 3.63) is 119 Å². The smallest absolute Gasteiger partial charge is 0.260 e. The van der Waals surface area contributed by atoms with Gasteiger partial charge in [0, 0.05) is 30.2 Å². The summed E-state index contributed by atoms with van der Waals surface area (Å²) in [7, 11) is -3.04. The van der Waals surface area contributed by atoms with E-state index in [0.717, 1.165) is 21.6 Å². The van der Waals surface area contributed by atoms with Crippen LogP contribution in [0.3, 0.4) is 0 Å². The van der Waals surface area contributed by atoms with Gasteiger partial charge in [-0.25, -0.2) is 8.42 Å². The largest absolute Gasteiger partial charge is 0.356 e. The molecule has 2 unspecified atom stereocenters. The summed E-state index contributed by atoms with van der Waals surface area (Å²) in [5.74, 6) is -3.76. The molecule has 0 saturated carbocycles. The van der Waals surface area contributed by atoms with Crippen molar-refractivity contribution < 1.29 is 27.3 Å². The summed E-state index contributed by atoms with van der Waals surface area (Å²) in [6, 6.07) is 21.5. The predicted octanol–water partition coefficient (Wildman–Crippen LogP) is 5.43. The number of aryl methyl sites for hydroxylation is 2. The molecule has 10 nitrogen and oxygen atoms in total. The molecule has 0 fully saturated rings. The standard InChI is InChI=1S/C37H42N4O6S/c1-6-7-21-48(45,46)40-37(34(42)27(4)38,36(44)41(5)35(43)31-23-25(2)22-26(3)24-31)32(18-13-28-11-9-8-10-12-28)29-14-16-30(17-15-29)33-19-20-39-47-33/h8-20,22-24,27,32,40H,6-7,21,38H2,1-5H3/t27-,32?,37?/m0/s1. The second-order valence-corrected chi connectivity index (χ2v) is 13.9. The maximum atomic E-state index is 15.0. The van der Waals surface area contributed by atoms with Crippen LogP contribution in [-0.4, -0.2) is 60.5 Å². The number of carbonyl (C=O) groups is 3. The van der Waals surface area contributed by atoms with Crippen molar-refractivity contribution in [3.63, 3.8) is 0 Å². The first-order valence-electron chi connectivity index (χ1n) is 15.8. The molecule has 252 valence electrons. The highest BCUT2D eigenvalue weighted by atomic mass is 32.2. The number of amides is 2. The van der Waals surface area contributed by atoms with Gasteiger partial charge in [-0.2, -0.15) is 4.72 Å². The van der Waals surface area contributed by atoms with E-state index in [9.17, 15) is 22.8 Å². The summed E-state index contributed by atoms with van der Waals surface area (Å²) in [6.45, 7) is 6.87. The molecule has 11 heteroatoms. The van der Waals surface area contributed by atoms with Gasteiger partial charge in [-0.15, -0.1) is 0 Å². The molecule has 0 aliphatic heterocycles. The van der Waals surface area contributed by atoms with Gasteiger partial charge in [0.05, 0.1) is 18.0 Å². The predicted molar refractivity (Wildman–Crippen MR) is 186 cm³/mol. The van der Waals surface area contributed by atoms with Crippen molar-refractivity contribution >= 4 is 33.7 Å². The van der Waals surface area contributed by atoms with Crippen LogP contribution in [0.5, 0.6) is 0 Å². The van der Waals surface area contributed by atoms with Gasteiger partial charge in [0.25, 0.3) is 11.8 Å². The number of benzene rings is 3. The summed E-state index contributed by atoms with van der Waals surface area (Å²) in [4.78, 5) is 44.3. The Morgan fingerprint density at radius 2 is 1.65 bits per heavy atom. The summed E-state index contributed by atoms with van der Waals surface area (Å²) in [5, 5.41) is 3.76. The molecule has 0 spiro atoms. The van der Waals surface area contributed by atoms with Crippen LogP contribution in [0.2, 0.25) is 0 Å². The van der Waals surface area contributed by atoms with Gasteiger partial charge in [-0.1, -0.05) is 102 Å². The van der Waals surface area contributed by atoms with Crippen LogP contribution in [0.15, 0.2) is 95.7 Å². The number of hydrogen-bond donors (Lipinski definition) is 2. The monoisotopic (exact) mass is 670 g/mol. The van der Waals surface area contributed by atoms with E-state index in [1.54, 1.807) is 54.6 Å². The Kier molecular flexibility index (Phi) is 11.6. The highest BCUT2D eigenvalue weighted by Crippen LogP contribution is 2.37. The molecule has 3 N–H and O–H groups in total. The number of carbonyl (C=O) groups excluding carboxylic acids is 3. The van der Waals surface area contributed by atoms with E-state index in [1.807, 2.05) is 57.2 Å². The molecule has 1 heterocycles. The van der Waals surface area contributed by atoms with Crippen molar-refractivity contribution in [2.75, 3.05) is 12.8 Å². The molecule has 4 aromatic rings. The van der Waals surface area contributed by atoms with E-state index in [1.165, 1.54) is 20.2 Å². The summed E-state index contributed by atoms with van der Waals surface area (Å²) in [6.07, 6.45) is 5.65. The van der Waals surface area contributed by atoms with E-state index in [0.29, 0.717) is 23.3 Å². The lowest BCUT2D eigenvalue weighted by molar-refractivity contribution is -0.142. The van der Waals surface area contributed by atoms with Crippen molar-refractivity contribution in [1.82, 2.24) is 14.8 Å². The number of nitrogens with one attached hydrogen (secondary N) is 1. The van der Waals surface area contributed by atoms with E-state index >= 15 is 0 Å². The zero-order valence-corrected chi connectivity index (χ0v) is 28.7. The van der Waals surface area contributed by atoms with Gasteiger partial charge in [0.2, 0.25) is 10.0 Å². The van der Waals surface area contributed by atoms with Crippen molar-refractivity contribution in [3.8, 4) is 11.3 Å². The normalized spacial score (nSPS) is 14.3. The number of hydrogen-bond acceptors (Lipinski definition) is 8. The average molecular weight is 671 g/mol. The number of unbranched alkanes of at least 4 members (excludes halogenated alkanes) is 1. The first kappa shape index (κ1) is 36.1. The summed E-state index contributed by atoms with van der Waals surface area (Å²) >= 11 is 0. The van der Waals surface area contributed by atoms with Gasteiger partial charge in [-0.05, 0) is 50.5 Å². The van der Waals surface area contributed by atoms with E-state index < -0.39 is 45.1 Å². The van der Waals surface area contributed by atoms with E-state index in [2.05, 4.69) is 9.88 Å². The number of likely N-dealkylation sites (N-methyl/N-ethyl adjacent to an activating group) is 1. The van der Waals surface area contributed by atoms with Gasteiger partial charge in [0.1, 0.15) is 0 Å². The first-order chi connectivity index (χ1) is 22.8. The molecule has 3 atom stereocenters. The molecule has 0 saturated heterocycles. The zero-order chi connectivity index (χ0) is 35.1. The Balaban J connectivity index is 2.00. The minimum atomic E-state index is -4.28. The van der Waals surface area contributed by atoms with Crippen molar-refractivity contribution in [1.29, 1.82) is 0 Å². The quantitative estimate of drug-likeness (QED) is 0.169. The maximum absolute atomic E-state index is 15.0. The fourth-order valence-corrected chi connectivity index (χ4v) is 7.26. The number of Topliss-reactive ketones (excluding diaryl/α,β-unsaturated/α-hetero) is 1. The number of ketones is 1. The number of aromatic nitrogens is 1. The molecule has 0 bridgehead atoms. The average Bonchev–Trinajstić information content (AvgIpc) is 3.61. The third-order valence-electron chi connectivity index (χ3n) is 8.04. The molecule has 2 amide bonds. The molecule has 4 rings (SSSR count). The molecule has 1 aromatic heterocycles. The highest BCUT2D eigenvalue weighted by Gasteiger charge is 2.56. The number of sulfonamides is 1. The van der Waals surface area contributed by atoms with Crippen molar-refractivity contribution in [2.24, 2.45) is 5.73 Å². The number of nitrogens with zero attached hydrogens (tertiary/aromatic N) is 2. The zero-order valence-electron chi connectivity index (χ0n) is 27.8. The lowest BCUT2D eigenvalue weighted by Gasteiger charge is -2.40. The van der Waals surface area contributed by atoms with Crippen LogP contribution in [0, 0.1) is 13.8 Å². The van der Waals surface area contributed by atoms with Gasteiger partial charge in [-0.3, -0.25) is 19.3 Å². The summed E-state index contributed by atoms with van der Waals surface area (Å²) in [5.41, 5.74) is 7.32. The molecular weight excluding hydrogens is 628 g/mol. The molecule has 48 heavy (non-hydrogen) atoms. The Morgan fingerprint density at radius 1 is 1.00 bits per heavy atom. The molecule has 0 radical (unpaired) electrons. The minimum Gasteiger partial charge on any atom is -0.356 e. The number of nitrogens with two attached hydrogens (primary N) is 1. The van der Waals surface area contributed by atoms with E-state index in [4.69, 9.17) is 10.3 Å². The third kappa shape index (κ3) is 8.22. The second-order valence-electron chi connectivity index (χ2n) is 12.0. The van der Waals surface area contributed by atoms with Crippen LogP contribution in [-0.2, 0) is 19.6 Å². The van der Waals surface area contributed by atoms with Gasteiger partial charge in [0.15, 0.2) is 17.1 Å². The lowest BCUT2D eigenvalue weighted by Crippen LogP contribution is -2.70. The Hall–Kier alpha value is -4.71. The number of imide groups is 1. The van der Waals surface area contributed by atoms with Crippen LogP contribution < -0.4 is 10.5 Å². The SMILES string of the molecule is CCCCS(=O)(=O)NC(C(=O)[C@H](C)N)(C(=O)N(C)C(=O)c1cc(C)cc(C)c1)C(C=Cc1ccccc1)c1ccc(-c2ccno2)cc1. The third-order valence-corrected chi connectivity index (χ3v) is 9.50. The number of rotatable bonds is 14. The second kappa shape index (κ2) is 15.5. The highest BCUT2D eigenvalue weighted by molar-refractivity contribution is 7.89. The van der Waals surface area contributed by atoms with E-state index in [-0.39, 0.29) is 17.7 Å². The van der Waals surface area contributed by atoms with Crippen LogP contribution in [0.1, 0.15) is 65.2 Å².